The maximum atomic E-state index is 12.8. The number of carbonyl (C=O) groups excluding carboxylic acids is 1. The number of para-hydroxylation sites is 1. The second kappa shape index (κ2) is 8.01. The Morgan fingerprint density at radius 1 is 1.04 bits per heavy atom. The summed E-state index contributed by atoms with van der Waals surface area (Å²) in [5.41, 5.74) is 4.54. The molecule has 2 heterocycles. The van der Waals surface area contributed by atoms with Crippen molar-refractivity contribution >= 4 is 23.0 Å². The molecule has 1 fully saturated rings. The minimum Gasteiger partial charge on any atom is -0.378 e. The molecule has 0 unspecified atom stereocenters. The normalized spacial score (nSPS) is 18.0. The van der Waals surface area contributed by atoms with Gasteiger partial charge in [-0.05, 0) is 55.7 Å². The summed E-state index contributed by atoms with van der Waals surface area (Å²) in [6, 6.07) is 16.3. The third-order valence-electron chi connectivity index (χ3n) is 5.50. The molecule has 1 atom stereocenters. The Kier molecular flexibility index (Phi) is 5.30. The summed E-state index contributed by atoms with van der Waals surface area (Å²) in [5, 5.41) is 3.08. The largest absolute Gasteiger partial charge is 0.378 e. The van der Waals surface area contributed by atoms with Crippen molar-refractivity contribution in [3.8, 4) is 0 Å². The fourth-order valence-corrected chi connectivity index (χ4v) is 3.93. The Hall–Kier alpha value is -2.53. The molecule has 1 saturated heterocycles. The van der Waals surface area contributed by atoms with E-state index >= 15 is 0 Å². The number of carbonyl (C=O) groups is 1. The third-order valence-corrected chi connectivity index (χ3v) is 5.50. The molecule has 0 aliphatic carbocycles. The van der Waals surface area contributed by atoms with Gasteiger partial charge in [0.2, 0.25) is 5.91 Å². The van der Waals surface area contributed by atoms with Crippen molar-refractivity contribution in [2.45, 2.75) is 25.8 Å². The van der Waals surface area contributed by atoms with Crippen LogP contribution in [0.4, 0.5) is 17.1 Å². The van der Waals surface area contributed by atoms with E-state index in [2.05, 4.69) is 45.4 Å². The summed E-state index contributed by atoms with van der Waals surface area (Å²) in [6.07, 6.45) is 2.17. The van der Waals surface area contributed by atoms with Crippen LogP contribution in [0.1, 0.15) is 18.9 Å². The topological polar surface area (TPSA) is 44.8 Å². The summed E-state index contributed by atoms with van der Waals surface area (Å²) in [7, 11) is 0. The Morgan fingerprint density at radius 3 is 2.56 bits per heavy atom. The van der Waals surface area contributed by atoms with E-state index in [1.807, 2.05) is 25.1 Å². The quantitative estimate of drug-likeness (QED) is 0.903. The zero-order chi connectivity index (χ0) is 18.6. The molecule has 5 nitrogen and oxygen atoms in total. The summed E-state index contributed by atoms with van der Waals surface area (Å²) in [4.78, 5) is 17.4. The summed E-state index contributed by atoms with van der Waals surface area (Å²) in [6.45, 7) is 6.27. The number of fused-ring (bicyclic) bond motifs is 1. The SMILES string of the molecule is C[C@@H](C(=O)Nc1ccc(N2CCOCC2)cc1)N1CCCc2ccccc21. The molecule has 27 heavy (non-hydrogen) atoms. The highest BCUT2D eigenvalue weighted by molar-refractivity contribution is 5.97. The van der Waals surface area contributed by atoms with E-state index in [0.29, 0.717) is 0 Å². The van der Waals surface area contributed by atoms with Crippen molar-refractivity contribution in [2.75, 3.05) is 48.0 Å². The first kappa shape index (κ1) is 17.9. The number of ether oxygens (including phenoxy) is 1. The van der Waals surface area contributed by atoms with Crippen LogP contribution in [0.5, 0.6) is 0 Å². The van der Waals surface area contributed by atoms with Crippen LogP contribution in [-0.2, 0) is 16.0 Å². The van der Waals surface area contributed by atoms with Crippen LogP contribution in [0.25, 0.3) is 0 Å². The van der Waals surface area contributed by atoms with Gasteiger partial charge in [0.1, 0.15) is 6.04 Å². The van der Waals surface area contributed by atoms with Crippen molar-refractivity contribution in [1.82, 2.24) is 0 Å². The summed E-state index contributed by atoms with van der Waals surface area (Å²) < 4.78 is 5.40. The molecule has 4 rings (SSSR count). The first-order valence-corrected chi connectivity index (χ1v) is 9.80. The van der Waals surface area contributed by atoms with Gasteiger partial charge >= 0.3 is 0 Å². The average molecular weight is 365 g/mol. The first-order chi connectivity index (χ1) is 13.2. The first-order valence-electron chi connectivity index (χ1n) is 9.80. The Balaban J connectivity index is 1.41. The Labute approximate surface area is 160 Å². The number of anilines is 3. The third kappa shape index (κ3) is 3.93. The molecule has 0 spiro atoms. The van der Waals surface area contributed by atoms with Gasteiger partial charge in [0.25, 0.3) is 0 Å². The second-order valence-corrected chi connectivity index (χ2v) is 7.24. The van der Waals surface area contributed by atoms with Crippen molar-refractivity contribution in [3.05, 3.63) is 54.1 Å². The molecule has 2 aliphatic heterocycles. The molecule has 1 amide bonds. The molecule has 2 aliphatic rings. The molecule has 0 aromatic heterocycles. The van der Waals surface area contributed by atoms with E-state index in [9.17, 15) is 4.79 Å². The van der Waals surface area contributed by atoms with Crippen LogP contribution in [0, 0.1) is 0 Å². The maximum Gasteiger partial charge on any atom is 0.246 e. The fraction of sp³-hybridized carbons (Fsp3) is 0.409. The molecule has 2 aromatic carbocycles. The monoisotopic (exact) mass is 365 g/mol. The Morgan fingerprint density at radius 2 is 1.78 bits per heavy atom. The van der Waals surface area contributed by atoms with Gasteiger partial charge in [-0.1, -0.05) is 18.2 Å². The molecule has 2 aromatic rings. The van der Waals surface area contributed by atoms with Crippen LogP contribution in [0.2, 0.25) is 0 Å². The fourth-order valence-electron chi connectivity index (χ4n) is 3.93. The molecular formula is C22H27N3O2. The Bertz CT molecular complexity index is 784. The molecule has 142 valence electrons. The van der Waals surface area contributed by atoms with Gasteiger partial charge in [-0.3, -0.25) is 4.79 Å². The van der Waals surface area contributed by atoms with Gasteiger partial charge < -0.3 is 19.9 Å². The number of amides is 1. The van der Waals surface area contributed by atoms with Crippen molar-refractivity contribution in [2.24, 2.45) is 0 Å². The lowest BCUT2D eigenvalue weighted by Gasteiger charge is -2.35. The number of nitrogens with zero attached hydrogens (tertiary/aromatic N) is 2. The van der Waals surface area contributed by atoms with Gasteiger partial charge in [-0.25, -0.2) is 0 Å². The molecule has 0 bridgehead atoms. The van der Waals surface area contributed by atoms with Crippen LogP contribution in [0.15, 0.2) is 48.5 Å². The van der Waals surface area contributed by atoms with Crippen LogP contribution >= 0.6 is 0 Å². The zero-order valence-corrected chi connectivity index (χ0v) is 15.9. The van der Waals surface area contributed by atoms with Gasteiger partial charge in [-0.2, -0.15) is 0 Å². The lowest BCUT2D eigenvalue weighted by atomic mass is 10.00. The van der Waals surface area contributed by atoms with E-state index < -0.39 is 0 Å². The zero-order valence-electron chi connectivity index (χ0n) is 15.9. The molecule has 0 saturated carbocycles. The number of hydrogen-bond acceptors (Lipinski definition) is 4. The minimum atomic E-state index is -0.203. The van der Waals surface area contributed by atoms with E-state index in [0.717, 1.165) is 51.4 Å². The standard InChI is InChI=1S/C22H27N3O2/c1-17(25-12-4-6-18-5-2-3-7-21(18)25)22(26)23-19-8-10-20(11-9-19)24-13-15-27-16-14-24/h2-3,5,7-11,17H,4,6,12-16H2,1H3,(H,23,26)/t17-/m0/s1. The number of morpholine rings is 1. The van der Waals surface area contributed by atoms with Crippen LogP contribution < -0.4 is 15.1 Å². The number of rotatable bonds is 4. The van der Waals surface area contributed by atoms with Gasteiger partial charge in [0.05, 0.1) is 13.2 Å². The van der Waals surface area contributed by atoms with Crippen molar-refractivity contribution in [3.63, 3.8) is 0 Å². The number of nitrogens with one attached hydrogen (secondary N) is 1. The van der Waals surface area contributed by atoms with Gasteiger partial charge in [-0.15, -0.1) is 0 Å². The summed E-state index contributed by atoms with van der Waals surface area (Å²) >= 11 is 0. The molecule has 5 heteroatoms. The lowest BCUT2D eigenvalue weighted by molar-refractivity contribution is -0.117. The van der Waals surface area contributed by atoms with E-state index in [1.165, 1.54) is 16.9 Å². The van der Waals surface area contributed by atoms with E-state index in [1.54, 1.807) is 0 Å². The second-order valence-electron chi connectivity index (χ2n) is 7.24. The lowest BCUT2D eigenvalue weighted by Crippen LogP contribution is -2.44. The summed E-state index contributed by atoms with van der Waals surface area (Å²) in [5.74, 6) is 0.0332. The minimum absolute atomic E-state index is 0.0332. The highest BCUT2D eigenvalue weighted by atomic mass is 16.5. The van der Waals surface area contributed by atoms with Crippen molar-refractivity contribution < 1.29 is 9.53 Å². The number of hydrogen-bond donors (Lipinski definition) is 1. The van der Waals surface area contributed by atoms with Gasteiger partial charge in [0.15, 0.2) is 0 Å². The van der Waals surface area contributed by atoms with Crippen LogP contribution in [0.3, 0.4) is 0 Å². The molecule has 0 radical (unpaired) electrons. The van der Waals surface area contributed by atoms with Crippen molar-refractivity contribution in [1.29, 1.82) is 0 Å². The highest BCUT2D eigenvalue weighted by Gasteiger charge is 2.25. The molecule has 1 N–H and O–H groups in total. The molecular weight excluding hydrogens is 338 g/mol. The predicted octanol–water partition coefficient (Wildman–Crippen LogP) is 3.30. The number of benzene rings is 2. The smallest absolute Gasteiger partial charge is 0.246 e. The predicted molar refractivity (Wildman–Crippen MR) is 110 cm³/mol. The number of aryl methyl sites for hydroxylation is 1. The van der Waals surface area contributed by atoms with E-state index in [4.69, 9.17) is 4.74 Å². The average Bonchev–Trinajstić information content (AvgIpc) is 2.74. The highest BCUT2D eigenvalue weighted by Crippen LogP contribution is 2.29. The van der Waals surface area contributed by atoms with Gasteiger partial charge in [0, 0.05) is 36.7 Å². The maximum absolute atomic E-state index is 12.8. The van der Waals surface area contributed by atoms with E-state index in [-0.39, 0.29) is 11.9 Å². The van der Waals surface area contributed by atoms with Crippen LogP contribution in [-0.4, -0.2) is 44.8 Å².